The SMILES string of the molecule is CS(=O)(=O)N1CCC(c2ccc(C[C@H](NC(=O)c3c(Cl)cccc3Cl)C(=O)O)cc2)CC1. The van der Waals surface area contributed by atoms with Gasteiger partial charge in [0.25, 0.3) is 5.91 Å². The van der Waals surface area contributed by atoms with E-state index in [1.54, 1.807) is 6.07 Å². The number of carbonyl (C=O) groups excluding carboxylic acids is 1. The average molecular weight is 499 g/mol. The van der Waals surface area contributed by atoms with Crippen LogP contribution in [-0.4, -0.2) is 55.1 Å². The van der Waals surface area contributed by atoms with Crippen LogP contribution >= 0.6 is 23.2 Å². The lowest BCUT2D eigenvalue weighted by molar-refractivity contribution is -0.139. The predicted molar refractivity (Wildman–Crippen MR) is 124 cm³/mol. The van der Waals surface area contributed by atoms with Gasteiger partial charge in [-0.25, -0.2) is 17.5 Å². The van der Waals surface area contributed by atoms with Crippen molar-refractivity contribution >= 4 is 45.1 Å². The third-order valence-corrected chi connectivity index (χ3v) is 7.54. The second kappa shape index (κ2) is 10.2. The van der Waals surface area contributed by atoms with Gasteiger partial charge < -0.3 is 10.4 Å². The van der Waals surface area contributed by atoms with Crippen LogP contribution in [-0.2, 0) is 21.2 Å². The molecule has 3 rings (SSSR count). The first-order chi connectivity index (χ1) is 15.1. The topological polar surface area (TPSA) is 104 Å². The summed E-state index contributed by atoms with van der Waals surface area (Å²) in [6.45, 7) is 0.978. The summed E-state index contributed by atoms with van der Waals surface area (Å²) in [5.74, 6) is -1.57. The van der Waals surface area contributed by atoms with E-state index in [1.165, 1.54) is 22.7 Å². The van der Waals surface area contributed by atoms with Crippen LogP contribution in [0.1, 0.15) is 40.2 Å². The summed E-state index contributed by atoms with van der Waals surface area (Å²) in [6.07, 6.45) is 2.78. The Morgan fingerprint density at radius 3 is 2.16 bits per heavy atom. The standard InChI is InChI=1S/C22H24Cl2N2O5S/c1-32(30,31)26-11-9-16(10-12-26)15-7-5-14(6-8-15)13-19(22(28)29)25-21(27)20-17(23)3-2-4-18(20)24/h2-8,16,19H,9-13H2,1H3,(H,25,27)(H,28,29)/t19-/m0/s1. The van der Waals surface area contributed by atoms with Gasteiger partial charge in [-0.1, -0.05) is 53.5 Å². The van der Waals surface area contributed by atoms with Gasteiger partial charge in [-0.3, -0.25) is 4.79 Å². The summed E-state index contributed by atoms with van der Waals surface area (Å²) >= 11 is 12.1. The molecule has 1 saturated heterocycles. The lowest BCUT2D eigenvalue weighted by Crippen LogP contribution is -2.42. The number of carboxylic acids is 1. The van der Waals surface area contributed by atoms with Crippen molar-refractivity contribution in [2.75, 3.05) is 19.3 Å². The smallest absolute Gasteiger partial charge is 0.326 e. The first kappa shape index (κ1) is 24.5. The van der Waals surface area contributed by atoms with E-state index in [-0.39, 0.29) is 27.9 Å². The van der Waals surface area contributed by atoms with Crippen LogP contribution in [0.2, 0.25) is 10.0 Å². The maximum absolute atomic E-state index is 12.6. The van der Waals surface area contributed by atoms with Crippen LogP contribution < -0.4 is 5.32 Å². The van der Waals surface area contributed by atoms with Crippen LogP contribution in [0.15, 0.2) is 42.5 Å². The Labute approximate surface area is 197 Å². The predicted octanol–water partition coefficient (Wildman–Crippen LogP) is 3.56. The summed E-state index contributed by atoms with van der Waals surface area (Å²) in [4.78, 5) is 24.3. The van der Waals surface area contributed by atoms with Crippen molar-refractivity contribution in [3.05, 3.63) is 69.2 Å². The zero-order chi connectivity index (χ0) is 23.5. The van der Waals surface area contributed by atoms with Gasteiger partial charge in [-0.05, 0) is 42.0 Å². The second-order valence-corrected chi connectivity index (χ2v) is 10.6. The number of nitrogens with one attached hydrogen (secondary N) is 1. The fourth-order valence-corrected chi connectivity index (χ4v) is 5.27. The second-order valence-electron chi connectivity index (χ2n) is 7.84. The average Bonchev–Trinajstić information content (AvgIpc) is 2.73. The fourth-order valence-electron chi connectivity index (χ4n) is 3.83. The Kier molecular flexibility index (Phi) is 7.82. The summed E-state index contributed by atoms with van der Waals surface area (Å²) < 4.78 is 24.8. The summed E-state index contributed by atoms with van der Waals surface area (Å²) in [7, 11) is -3.17. The third-order valence-electron chi connectivity index (χ3n) is 5.61. The van der Waals surface area contributed by atoms with E-state index in [1.807, 2.05) is 24.3 Å². The number of carboxylic acid groups (broad SMARTS) is 1. The fraction of sp³-hybridized carbons (Fsp3) is 0.364. The molecular weight excluding hydrogens is 475 g/mol. The molecule has 2 aromatic rings. The Balaban J connectivity index is 1.65. The lowest BCUT2D eigenvalue weighted by Gasteiger charge is -2.30. The molecule has 172 valence electrons. The van der Waals surface area contributed by atoms with Crippen molar-refractivity contribution in [2.24, 2.45) is 0 Å². The van der Waals surface area contributed by atoms with Gasteiger partial charge in [0.2, 0.25) is 10.0 Å². The van der Waals surface area contributed by atoms with Gasteiger partial charge in [0.05, 0.1) is 21.9 Å². The monoisotopic (exact) mass is 498 g/mol. The van der Waals surface area contributed by atoms with Crippen molar-refractivity contribution in [3.8, 4) is 0 Å². The van der Waals surface area contributed by atoms with Crippen LogP contribution in [0, 0.1) is 0 Å². The van der Waals surface area contributed by atoms with Crippen molar-refractivity contribution in [2.45, 2.75) is 31.2 Å². The molecule has 0 saturated carbocycles. The molecule has 1 aliphatic rings. The van der Waals surface area contributed by atoms with E-state index in [9.17, 15) is 23.1 Å². The molecule has 32 heavy (non-hydrogen) atoms. The third kappa shape index (κ3) is 6.01. The highest BCUT2D eigenvalue weighted by atomic mass is 35.5. The highest BCUT2D eigenvalue weighted by Crippen LogP contribution is 2.29. The minimum Gasteiger partial charge on any atom is -0.480 e. The zero-order valence-electron chi connectivity index (χ0n) is 17.4. The van der Waals surface area contributed by atoms with Crippen LogP contribution in [0.3, 0.4) is 0 Å². The molecule has 1 heterocycles. The number of carbonyl (C=O) groups is 2. The number of amides is 1. The van der Waals surface area contributed by atoms with Crippen molar-refractivity contribution in [1.29, 1.82) is 0 Å². The molecule has 2 N–H and O–H groups in total. The Bertz CT molecular complexity index is 1080. The highest BCUT2D eigenvalue weighted by molar-refractivity contribution is 7.88. The molecule has 10 heteroatoms. The lowest BCUT2D eigenvalue weighted by atomic mass is 9.89. The Morgan fingerprint density at radius 1 is 1.09 bits per heavy atom. The molecule has 0 radical (unpaired) electrons. The van der Waals surface area contributed by atoms with E-state index in [2.05, 4.69) is 5.32 Å². The zero-order valence-corrected chi connectivity index (χ0v) is 19.8. The number of nitrogens with zero attached hydrogens (tertiary/aromatic N) is 1. The van der Waals surface area contributed by atoms with Crippen molar-refractivity contribution in [1.82, 2.24) is 9.62 Å². The van der Waals surface area contributed by atoms with Gasteiger partial charge in [0.1, 0.15) is 6.04 Å². The van der Waals surface area contributed by atoms with Crippen molar-refractivity contribution in [3.63, 3.8) is 0 Å². The Morgan fingerprint density at radius 2 is 1.66 bits per heavy atom. The molecule has 7 nitrogen and oxygen atoms in total. The van der Waals surface area contributed by atoms with Gasteiger partial charge >= 0.3 is 5.97 Å². The minimum atomic E-state index is -3.17. The molecule has 0 spiro atoms. The van der Waals surface area contributed by atoms with E-state index < -0.39 is 27.9 Å². The largest absolute Gasteiger partial charge is 0.480 e. The molecule has 0 aromatic heterocycles. The molecule has 1 aliphatic heterocycles. The molecule has 1 atom stereocenters. The summed E-state index contributed by atoms with van der Waals surface area (Å²) in [5, 5.41) is 12.4. The van der Waals surface area contributed by atoms with Crippen LogP contribution in [0.4, 0.5) is 0 Å². The molecule has 2 aromatic carbocycles. The first-order valence-corrected chi connectivity index (χ1v) is 12.7. The number of sulfonamides is 1. The van der Waals surface area contributed by atoms with Gasteiger partial charge in [-0.2, -0.15) is 0 Å². The van der Waals surface area contributed by atoms with Crippen LogP contribution in [0.5, 0.6) is 0 Å². The van der Waals surface area contributed by atoms with E-state index in [0.717, 1.165) is 24.0 Å². The molecule has 1 fully saturated rings. The summed E-state index contributed by atoms with van der Waals surface area (Å²) in [5.41, 5.74) is 1.87. The number of benzene rings is 2. The molecule has 0 bridgehead atoms. The van der Waals surface area contributed by atoms with Crippen molar-refractivity contribution < 1.29 is 23.1 Å². The molecule has 0 aliphatic carbocycles. The number of piperidine rings is 1. The number of hydrogen-bond donors (Lipinski definition) is 2. The van der Waals surface area contributed by atoms with Gasteiger partial charge in [0, 0.05) is 19.5 Å². The molecule has 0 unspecified atom stereocenters. The quantitative estimate of drug-likeness (QED) is 0.607. The number of hydrogen-bond acceptors (Lipinski definition) is 4. The summed E-state index contributed by atoms with van der Waals surface area (Å²) in [6, 6.07) is 11.0. The number of halogens is 2. The van der Waals surface area contributed by atoms with E-state index >= 15 is 0 Å². The van der Waals surface area contributed by atoms with E-state index in [4.69, 9.17) is 23.2 Å². The normalized spacial score (nSPS) is 16.5. The Hall–Kier alpha value is -2.13. The van der Waals surface area contributed by atoms with Crippen LogP contribution in [0.25, 0.3) is 0 Å². The van der Waals surface area contributed by atoms with Gasteiger partial charge in [0.15, 0.2) is 0 Å². The molecular formula is C22H24Cl2N2O5S. The van der Waals surface area contributed by atoms with E-state index in [0.29, 0.717) is 13.1 Å². The van der Waals surface area contributed by atoms with Gasteiger partial charge in [-0.15, -0.1) is 0 Å². The minimum absolute atomic E-state index is 0.0397. The molecule has 1 amide bonds. The number of aliphatic carboxylic acids is 1. The maximum Gasteiger partial charge on any atom is 0.326 e. The first-order valence-electron chi connectivity index (χ1n) is 10.1. The maximum atomic E-state index is 12.6. The number of rotatable bonds is 7. The highest BCUT2D eigenvalue weighted by Gasteiger charge is 2.26.